The van der Waals surface area contributed by atoms with Gasteiger partial charge in [0.2, 0.25) is 0 Å². The van der Waals surface area contributed by atoms with Crippen molar-refractivity contribution in [3.05, 3.63) is 0 Å². The molecule has 2 aliphatic rings. The molecule has 2 unspecified atom stereocenters. The quantitative estimate of drug-likeness (QED) is 0.804. The number of cyclic esters (lactones) is 1. The third kappa shape index (κ3) is 2.42. The van der Waals surface area contributed by atoms with E-state index in [9.17, 15) is 9.59 Å². The van der Waals surface area contributed by atoms with Gasteiger partial charge >= 0.3 is 12.1 Å². The van der Waals surface area contributed by atoms with Gasteiger partial charge in [0.25, 0.3) is 0 Å². The van der Waals surface area contributed by atoms with Crippen molar-refractivity contribution in [3.8, 4) is 0 Å². The van der Waals surface area contributed by atoms with Crippen LogP contribution in [0.1, 0.15) is 12.8 Å². The molecule has 0 saturated carbocycles. The predicted molar refractivity (Wildman–Crippen MR) is 59.5 cm³/mol. The highest BCUT2D eigenvalue weighted by molar-refractivity contribution is 7.99. The Kier molecular flexibility index (Phi) is 3.58. The van der Waals surface area contributed by atoms with Crippen LogP contribution in [0.3, 0.4) is 0 Å². The largest absolute Gasteiger partial charge is 0.480 e. The molecule has 90 valence electrons. The number of hydrogen-bond acceptors (Lipinski definition) is 4. The fraction of sp³-hybridized carbons (Fsp3) is 0.800. The Bertz CT molecular complexity index is 291. The standard InChI is InChI=1S/C10H15NO4S/c12-9(13)8-5-15-10(14)11(8)4-7-2-1-3-16-6-7/h7-8H,1-6H2,(H,12,13). The number of carboxylic acid groups (broad SMARTS) is 1. The predicted octanol–water partition coefficient (Wildman–Crippen LogP) is 1.03. The van der Waals surface area contributed by atoms with Gasteiger partial charge in [0.1, 0.15) is 6.61 Å². The summed E-state index contributed by atoms with van der Waals surface area (Å²) in [6, 6.07) is -0.792. The Morgan fingerprint density at radius 1 is 1.62 bits per heavy atom. The number of amides is 1. The lowest BCUT2D eigenvalue weighted by Crippen LogP contribution is -2.43. The summed E-state index contributed by atoms with van der Waals surface area (Å²) in [5, 5.41) is 8.95. The summed E-state index contributed by atoms with van der Waals surface area (Å²) in [4.78, 5) is 23.7. The molecule has 0 aliphatic carbocycles. The van der Waals surface area contributed by atoms with Gasteiger partial charge in [-0.25, -0.2) is 9.59 Å². The first-order valence-electron chi connectivity index (χ1n) is 5.42. The summed E-state index contributed by atoms with van der Waals surface area (Å²) in [5.74, 6) is 1.61. The molecule has 0 aromatic rings. The summed E-state index contributed by atoms with van der Waals surface area (Å²) >= 11 is 1.87. The minimum Gasteiger partial charge on any atom is -0.480 e. The van der Waals surface area contributed by atoms with E-state index in [4.69, 9.17) is 9.84 Å². The van der Waals surface area contributed by atoms with E-state index in [1.807, 2.05) is 11.8 Å². The molecule has 2 saturated heterocycles. The second-order valence-electron chi connectivity index (χ2n) is 4.17. The average molecular weight is 245 g/mol. The number of hydrogen-bond donors (Lipinski definition) is 1. The molecule has 2 heterocycles. The maximum atomic E-state index is 11.4. The number of rotatable bonds is 3. The zero-order valence-corrected chi connectivity index (χ0v) is 9.74. The van der Waals surface area contributed by atoms with Gasteiger partial charge in [-0.05, 0) is 30.3 Å². The molecule has 0 aromatic heterocycles. The van der Waals surface area contributed by atoms with E-state index in [0.29, 0.717) is 12.5 Å². The van der Waals surface area contributed by atoms with Crippen molar-refractivity contribution in [2.45, 2.75) is 18.9 Å². The smallest absolute Gasteiger partial charge is 0.410 e. The SMILES string of the molecule is O=C(O)C1COC(=O)N1CC1CCCSC1. The number of nitrogens with zero attached hydrogens (tertiary/aromatic N) is 1. The molecule has 1 N–H and O–H groups in total. The van der Waals surface area contributed by atoms with Gasteiger partial charge in [0, 0.05) is 6.54 Å². The van der Waals surface area contributed by atoms with Gasteiger partial charge in [-0.1, -0.05) is 0 Å². The first-order valence-corrected chi connectivity index (χ1v) is 6.58. The molecular weight excluding hydrogens is 230 g/mol. The summed E-state index contributed by atoms with van der Waals surface area (Å²) in [6.45, 7) is 0.497. The number of ether oxygens (including phenoxy) is 1. The third-order valence-electron chi connectivity index (χ3n) is 2.97. The molecule has 5 nitrogen and oxygen atoms in total. The maximum absolute atomic E-state index is 11.4. The Morgan fingerprint density at radius 3 is 3.06 bits per heavy atom. The van der Waals surface area contributed by atoms with E-state index in [1.54, 1.807) is 0 Å². The zero-order chi connectivity index (χ0) is 11.5. The number of carbonyl (C=O) groups excluding carboxylic acids is 1. The topological polar surface area (TPSA) is 66.8 Å². The van der Waals surface area contributed by atoms with Crippen molar-refractivity contribution in [3.63, 3.8) is 0 Å². The van der Waals surface area contributed by atoms with E-state index < -0.39 is 18.1 Å². The van der Waals surface area contributed by atoms with Gasteiger partial charge in [0.05, 0.1) is 0 Å². The van der Waals surface area contributed by atoms with Crippen LogP contribution < -0.4 is 0 Å². The summed E-state index contributed by atoms with van der Waals surface area (Å²) in [5.41, 5.74) is 0. The van der Waals surface area contributed by atoms with Crippen LogP contribution in [0.2, 0.25) is 0 Å². The molecule has 2 rings (SSSR count). The molecule has 2 aliphatic heterocycles. The van der Waals surface area contributed by atoms with Crippen molar-refractivity contribution >= 4 is 23.8 Å². The van der Waals surface area contributed by atoms with Crippen molar-refractivity contribution in [2.24, 2.45) is 5.92 Å². The Morgan fingerprint density at radius 2 is 2.44 bits per heavy atom. The van der Waals surface area contributed by atoms with Crippen LogP contribution in [0.5, 0.6) is 0 Å². The molecule has 6 heteroatoms. The van der Waals surface area contributed by atoms with Crippen molar-refractivity contribution in [1.82, 2.24) is 4.90 Å². The van der Waals surface area contributed by atoms with E-state index in [2.05, 4.69) is 0 Å². The summed E-state index contributed by atoms with van der Waals surface area (Å²) in [7, 11) is 0. The molecular formula is C10H15NO4S. The van der Waals surface area contributed by atoms with E-state index in [0.717, 1.165) is 18.6 Å². The first kappa shape index (κ1) is 11.6. The number of thioether (sulfide) groups is 1. The van der Waals surface area contributed by atoms with E-state index in [-0.39, 0.29) is 6.61 Å². The molecule has 0 radical (unpaired) electrons. The zero-order valence-electron chi connectivity index (χ0n) is 8.92. The van der Waals surface area contributed by atoms with Crippen LogP contribution >= 0.6 is 11.8 Å². The van der Waals surface area contributed by atoms with Crippen molar-refractivity contribution in [1.29, 1.82) is 0 Å². The molecule has 0 bridgehead atoms. The number of carbonyl (C=O) groups is 2. The third-order valence-corrected chi connectivity index (χ3v) is 4.25. The maximum Gasteiger partial charge on any atom is 0.410 e. The van der Waals surface area contributed by atoms with Gasteiger partial charge in [-0.2, -0.15) is 11.8 Å². The molecule has 0 aromatic carbocycles. The van der Waals surface area contributed by atoms with Gasteiger partial charge < -0.3 is 9.84 Å². The lowest BCUT2D eigenvalue weighted by molar-refractivity contribution is -0.141. The van der Waals surface area contributed by atoms with Crippen LogP contribution in [-0.4, -0.2) is 52.8 Å². The summed E-state index contributed by atoms with van der Waals surface area (Å²) < 4.78 is 4.78. The van der Waals surface area contributed by atoms with E-state index in [1.165, 1.54) is 10.7 Å². The fourth-order valence-corrected chi connectivity index (χ4v) is 3.23. The van der Waals surface area contributed by atoms with Crippen molar-refractivity contribution in [2.75, 3.05) is 24.7 Å². The van der Waals surface area contributed by atoms with Crippen LogP contribution in [0.15, 0.2) is 0 Å². The lowest BCUT2D eigenvalue weighted by Gasteiger charge is -2.27. The van der Waals surface area contributed by atoms with Crippen LogP contribution in [-0.2, 0) is 9.53 Å². The highest BCUT2D eigenvalue weighted by Crippen LogP contribution is 2.25. The Hall–Kier alpha value is -0.910. The van der Waals surface area contributed by atoms with Crippen molar-refractivity contribution < 1.29 is 19.4 Å². The van der Waals surface area contributed by atoms with Crippen LogP contribution in [0, 0.1) is 5.92 Å². The second-order valence-corrected chi connectivity index (χ2v) is 5.32. The van der Waals surface area contributed by atoms with Crippen LogP contribution in [0.25, 0.3) is 0 Å². The second kappa shape index (κ2) is 4.95. The Balaban J connectivity index is 1.95. The highest BCUT2D eigenvalue weighted by atomic mass is 32.2. The summed E-state index contributed by atoms with van der Waals surface area (Å²) in [6.07, 6.45) is 1.74. The average Bonchev–Trinajstić information content (AvgIpc) is 2.62. The number of aliphatic carboxylic acids is 1. The van der Waals surface area contributed by atoms with E-state index >= 15 is 0 Å². The fourth-order valence-electron chi connectivity index (χ4n) is 2.09. The molecule has 1 amide bonds. The molecule has 2 fully saturated rings. The highest BCUT2D eigenvalue weighted by Gasteiger charge is 2.39. The Labute approximate surface area is 98.1 Å². The van der Waals surface area contributed by atoms with Gasteiger partial charge in [-0.3, -0.25) is 4.90 Å². The molecule has 16 heavy (non-hydrogen) atoms. The minimum atomic E-state index is -0.977. The monoisotopic (exact) mass is 245 g/mol. The number of carboxylic acids is 1. The lowest BCUT2D eigenvalue weighted by atomic mass is 10.0. The minimum absolute atomic E-state index is 0.0198. The van der Waals surface area contributed by atoms with Gasteiger partial charge in [0.15, 0.2) is 6.04 Å². The van der Waals surface area contributed by atoms with Crippen LogP contribution in [0.4, 0.5) is 4.79 Å². The first-order chi connectivity index (χ1) is 7.68. The van der Waals surface area contributed by atoms with Gasteiger partial charge in [-0.15, -0.1) is 0 Å². The molecule has 2 atom stereocenters. The molecule has 0 spiro atoms. The normalized spacial score (nSPS) is 30.2.